The summed E-state index contributed by atoms with van der Waals surface area (Å²) in [7, 11) is 0. The summed E-state index contributed by atoms with van der Waals surface area (Å²) < 4.78 is 12.0. The van der Waals surface area contributed by atoms with Crippen molar-refractivity contribution < 1.29 is 14.3 Å². The van der Waals surface area contributed by atoms with Gasteiger partial charge in [-0.2, -0.15) is 0 Å². The van der Waals surface area contributed by atoms with Crippen LogP contribution in [0.2, 0.25) is 0 Å². The van der Waals surface area contributed by atoms with E-state index in [2.05, 4.69) is 18.8 Å². The molecule has 2 fully saturated rings. The highest BCUT2D eigenvalue weighted by Gasteiger charge is 2.49. The molecule has 0 bridgehead atoms. The summed E-state index contributed by atoms with van der Waals surface area (Å²) in [5.74, 6) is 0.828. The molecule has 1 amide bonds. The average Bonchev–Trinajstić information content (AvgIpc) is 2.57. The van der Waals surface area contributed by atoms with Gasteiger partial charge in [0.05, 0.1) is 31.5 Å². The number of carbonyl (C=O) groups excluding carboxylic acids is 1. The van der Waals surface area contributed by atoms with Crippen molar-refractivity contribution in [2.24, 2.45) is 5.92 Å². The van der Waals surface area contributed by atoms with Gasteiger partial charge >= 0.3 is 0 Å². The molecule has 0 aliphatic carbocycles. The van der Waals surface area contributed by atoms with E-state index in [4.69, 9.17) is 9.47 Å². The molecule has 2 saturated heterocycles. The Morgan fingerprint density at radius 1 is 1.46 bits per heavy atom. The molecule has 1 aromatic rings. The number of hydrogen-bond donors (Lipinski definition) is 0. The third kappa shape index (κ3) is 4.33. The highest BCUT2D eigenvalue weighted by atomic mass is 16.5. The Morgan fingerprint density at radius 3 is 3.00 bits per heavy atom. The third-order valence-electron chi connectivity index (χ3n) is 4.89. The van der Waals surface area contributed by atoms with Crippen molar-refractivity contribution in [1.29, 1.82) is 0 Å². The van der Waals surface area contributed by atoms with E-state index in [9.17, 15) is 4.79 Å². The first-order chi connectivity index (χ1) is 11.6. The van der Waals surface area contributed by atoms with Gasteiger partial charge in [0.1, 0.15) is 5.60 Å². The number of amides is 1. The number of ether oxygens (including phenoxy) is 2. The predicted molar refractivity (Wildman–Crippen MR) is 91.4 cm³/mol. The van der Waals surface area contributed by atoms with Gasteiger partial charge < -0.3 is 14.4 Å². The molecule has 1 atom stereocenters. The van der Waals surface area contributed by atoms with E-state index in [0.29, 0.717) is 38.6 Å². The molecule has 1 aromatic heterocycles. The molecule has 0 unspecified atom stereocenters. The lowest BCUT2D eigenvalue weighted by molar-refractivity contribution is -0.202. The SMILES string of the molecule is CC(C)CCC(=O)N1CC2(C[C@@H](OCc3ccccn3)CCO2)C1. The van der Waals surface area contributed by atoms with Crippen LogP contribution in [0.25, 0.3) is 0 Å². The average molecular weight is 332 g/mol. The minimum atomic E-state index is -0.180. The summed E-state index contributed by atoms with van der Waals surface area (Å²) in [5, 5.41) is 0. The van der Waals surface area contributed by atoms with E-state index in [1.165, 1.54) is 0 Å². The second-order valence-corrected chi connectivity index (χ2v) is 7.46. The van der Waals surface area contributed by atoms with Gasteiger partial charge in [-0.05, 0) is 30.9 Å². The Hall–Kier alpha value is -1.46. The van der Waals surface area contributed by atoms with Crippen LogP contribution in [0.3, 0.4) is 0 Å². The fourth-order valence-electron chi connectivity index (χ4n) is 3.43. The summed E-state index contributed by atoms with van der Waals surface area (Å²) in [6, 6.07) is 5.86. The molecule has 5 heteroatoms. The number of hydrogen-bond acceptors (Lipinski definition) is 4. The van der Waals surface area contributed by atoms with Gasteiger partial charge in [0.2, 0.25) is 5.91 Å². The van der Waals surface area contributed by atoms with Crippen LogP contribution in [0.15, 0.2) is 24.4 Å². The first kappa shape index (κ1) is 17.4. The van der Waals surface area contributed by atoms with E-state index < -0.39 is 0 Å². The van der Waals surface area contributed by atoms with E-state index in [1.807, 2.05) is 23.1 Å². The van der Waals surface area contributed by atoms with Crippen LogP contribution in [0, 0.1) is 5.92 Å². The van der Waals surface area contributed by atoms with Crippen molar-refractivity contribution in [2.45, 2.75) is 57.8 Å². The minimum absolute atomic E-state index is 0.180. The molecule has 2 aliphatic heterocycles. The van der Waals surface area contributed by atoms with Crippen LogP contribution in [-0.2, 0) is 20.9 Å². The topological polar surface area (TPSA) is 51.7 Å². The minimum Gasteiger partial charge on any atom is -0.372 e. The molecular weight excluding hydrogens is 304 g/mol. The molecule has 1 spiro atoms. The van der Waals surface area contributed by atoms with Crippen LogP contribution < -0.4 is 0 Å². The first-order valence-electron chi connectivity index (χ1n) is 9.00. The van der Waals surface area contributed by atoms with Crippen molar-refractivity contribution in [3.8, 4) is 0 Å². The summed E-state index contributed by atoms with van der Waals surface area (Å²) >= 11 is 0. The normalized spacial score (nSPS) is 22.6. The zero-order valence-electron chi connectivity index (χ0n) is 14.7. The Morgan fingerprint density at radius 2 is 2.29 bits per heavy atom. The van der Waals surface area contributed by atoms with Gasteiger partial charge in [-0.1, -0.05) is 19.9 Å². The number of nitrogens with zero attached hydrogens (tertiary/aromatic N) is 2. The van der Waals surface area contributed by atoms with Gasteiger partial charge in [0, 0.05) is 25.6 Å². The number of likely N-dealkylation sites (tertiary alicyclic amines) is 1. The predicted octanol–water partition coefficient (Wildman–Crippen LogP) is 2.79. The molecule has 0 radical (unpaired) electrons. The highest BCUT2D eigenvalue weighted by Crippen LogP contribution is 2.36. The molecule has 0 aromatic carbocycles. The van der Waals surface area contributed by atoms with Gasteiger partial charge in [0.25, 0.3) is 0 Å². The summed E-state index contributed by atoms with van der Waals surface area (Å²) in [6.07, 6.45) is 5.36. The second kappa shape index (κ2) is 7.62. The number of rotatable bonds is 6. The largest absolute Gasteiger partial charge is 0.372 e. The summed E-state index contributed by atoms with van der Waals surface area (Å²) in [6.45, 7) is 6.98. The summed E-state index contributed by atoms with van der Waals surface area (Å²) in [5.41, 5.74) is 0.776. The zero-order chi connectivity index (χ0) is 17.0. The number of carbonyl (C=O) groups is 1. The molecular formula is C19H28N2O3. The molecule has 5 nitrogen and oxygen atoms in total. The highest BCUT2D eigenvalue weighted by molar-refractivity contribution is 5.77. The maximum absolute atomic E-state index is 12.2. The van der Waals surface area contributed by atoms with Gasteiger partial charge in [-0.15, -0.1) is 0 Å². The Bertz CT molecular complexity index is 541. The standard InChI is InChI=1S/C19H28N2O3/c1-15(2)6-7-18(22)21-13-19(14-21)11-17(8-10-24-19)23-12-16-5-3-4-9-20-16/h3-5,9,15,17H,6-8,10-14H2,1-2H3/t17-/m0/s1. The first-order valence-corrected chi connectivity index (χ1v) is 9.00. The second-order valence-electron chi connectivity index (χ2n) is 7.46. The fourth-order valence-corrected chi connectivity index (χ4v) is 3.43. The lowest BCUT2D eigenvalue weighted by atomic mass is 9.84. The third-order valence-corrected chi connectivity index (χ3v) is 4.89. The maximum Gasteiger partial charge on any atom is 0.222 e. The Labute approximate surface area is 144 Å². The Kier molecular flexibility index (Phi) is 5.51. The lowest BCUT2D eigenvalue weighted by Gasteiger charge is -2.53. The van der Waals surface area contributed by atoms with Crippen LogP contribution in [-0.4, -0.2) is 47.2 Å². The van der Waals surface area contributed by atoms with Crippen LogP contribution in [0.5, 0.6) is 0 Å². The molecule has 24 heavy (non-hydrogen) atoms. The van der Waals surface area contributed by atoms with Gasteiger partial charge in [0.15, 0.2) is 0 Å². The number of aromatic nitrogens is 1. The molecule has 2 aliphatic rings. The quantitative estimate of drug-likeness (QED) is 0.804. The van der Waals surface area contributed by atoms with Crippen molar-refractivity contribution in [1.82, 2.24) is 9.88 Å². The van der Waals surface area contributed by atoms with Crippen LogP contribution in [0.1, 0.15) is 45.2 Å². The van der Waals surface area contributed by atoms with Crippen molar-refractivity contribution >= 4 is 5.91 Å². The van der Waals surface area contributed by atoms with Crippen molar-refractivity contribution in [3.05, 3.63) is 30.1 Å². The maximum atomic E-state index is 12.2. The molecule has 3 rings (SSSR count). The van der Waals surface area contributed by atoms with Gasteiger partial charge in [-0.3, -0.25) is 9.78 Å². The monoisotopic (exact) mass is 332 g/mol. The zero-order valence-corrected chi connectivity index (χ0v) is 14.7. The van der Waals surface area contributed by atoms with Crippen LogP contribution in [0.4, 0.5) is 0 Å². The molecule has 132 valence electrons. The van der Waals surface area contributed by atoms with E-state index in [0.717, 1.165) is 25.0 Å². The van der Waals surface area contributed by atoms with Gasteiger partial charge in [-0.25, -0.2) is 0 Å². The van der Waals surface area contributed by atoms with E-state index in [1.54, 1.807) is 6.20 Å². The smallest absolute Gasteiger partial charge is 0.222 e. The number of pyridine rings is 1. The lowest BCUT2D eigenvalue weighted by Crippen LogP contribution is -2.67. The van der Waals surface area contributed by atoms with Crippen molar-refractivity contribution in [3.63, 3.8) is 0 Å². The van der Waals surface area contributed by atoms with Crippen LogP contribution >= 0.6 is 0 Å². The fraction of sp³-hybridized carbons (Fsp3) is 0.684. The van der Waals surface area contributed by atoms with E-state index >= 15 is 0 Å². The molecule has 0 N–H and O–H groups in total. The van der Waals surface area contributed by atoms with Crippen molar-refractivity contribution in [2.75, 3.05) is 19.7 Å². The molecule has 3 heterocycles. The summed E-state index contributed by atoms with van der Waals surface area (Å²) in [4.78, 5) is 18.4. The Balaban J connectivity index is 1.44. The molecule has 0 saturated carbocycles. The van der Waals surface area contributed by atoms with E-state index in [-0.39, 0.29) is 17.6 Å².